The molecule has 2 aromatic heterocycles. The maximum absolute atomic E-state index is 12.5. The molecule has 2 N–H and O–H groups in total. The van der Waals surface area contributed by atoms with Crippen molar-refractivity contribution in [1.29, 1.82) is 0 Å². The number of nitrogens with one attached hydrogen (secondary N) is 2. The number of amides is 2. The minimum atomic E-state index is -0.267. The topological polar surface area (TPSA) is 64.9 Å². The number of urea groups is 1. The number of likely N-dealkylation sites (N-methyl/N-ethyl adjacent to an activating group) is 1. The van der Waals surface area contributed by atoms with E-state index in [1.54, 1.807) is 0 Å². The van der Waals surface area contributed by atoms with E-state index >= 15 is 0 Å². The molecule has 0 saturated carbocycles. The molecule has 2 aromatic carbocycles. The Morgan fingerprint density at radius 3 is 2.30 bits per heavy atom. The zero-order chi connectivity index (χ0) is 22.8. The SMILES string of the molecule is CN(C)C1CCN(c2ccc(NC(=O)Nc3ccc(-c4cn5ccccc5n4)cc3)cc2)C1. The first-order valence-electron chi connectivity index (χ1n) is 11.2. The maximum Gasteiger partial charge on any atom is 0.323 e. The van der Waals surface area contributed by atoms with Crippen molar-refractivity contribution in [1.82, 2.24) is 14.3 Å². The van der Waals surface area contributed by atoms with E-state index < -0.39 is 0 Å². The van der Waals surface area contributed by atoms with Crippen LogP contribution in [0, 0.1) is 0 Å². The zero-order valence-electron chi connectivity index (χ0n) is 18.9. The van der Waals surface area contributed by atoms with Crippen LogP contribution in [0.2, 0.25) is 0 Å². The van der Waals surface area contributed by atoms with Crippen molar-refractivity contribution in [3.63, 3.8) is 0 Å². The van der Waals surface area contributed by atoms with Gasteiger partial charge < -0.3 is 24.8 Å². The molecule has 33 heavy (non-hydrogen) atoms. The summed E-state index contributed by atoms with van der Waals surface area (Å²) >= 11 is 0. The Labute approximate surface area is 193 Å². The van der Waals surface area contributed by atoms with Gasteiger partial charge in [-0.1, -0.05) is 18.2 Å². The average Bonchev–Trinajstić information content (AvgIpc) is 3.48. The van der Waals surface area contributed by atoms with E-state index in [-0.39, 0.29) is 6.03 Å². The highest BCUT2D eigenvalue weighted by molar-refractivity contribution is 6.00. The van der Waals surface area contributed by atoms with Crippen molar-refractivity contribution in [2.75, 3.05) is 42.7 Å². The van der Waals surface area contributed by atoms with Crippen LogP contribution < -0.4 is 15.5 Å². The molecule has 168 valence electrons. The number of nitrogens with zero attached hydrogens (tertiary/aromatic N) is 4. The number of imidazole rings is 1. The first-order chi connectivity index (χ1) is 16.0. The van der Waals surface area contributed by atoms with E-state index in [1.807, 2.05) is 71.4 Å². The summed E-state index contributed by atoms with van der Waals surface area (Å²) in [5.41, 5.74) is 5.48. The van der Waals surface area contributed by atoms with Crippen LogP contribution in [0.1, 0.15) is 6.42 Å². The van der Waals surface area contributed by atoms with Crippen LogP contribution in [0.25, 0.3) is 16.9 Å². The molecule has 4 aromatic rings. The summed E-state index contributed by atoms with van der Waals surface area (Å²) in [6, 6.07) is 22.0. The summed E-state index contributed by atoms with van der Waals surface area (Å²) < 4.78 is 1.99. The van der Waals surface area contributed by atoms with Crippen LogP contribution in [-0.4, -0.2) is 53.5 Å². The van der Waals surface area contributed by atoms with Crippen LogP contribution in [0.4, 0.5) is 21.9 Å². The van der Waals surface area contributed by atoms with E-state index in [0.29, 0.717) is 6.04 Å². The Hall–Kier alpha value is -3.84. The quantitative estimate of drug-likeness (QED) is 0.469. The first-order valence-corrected chi connectivity index (χ1v) is 11.2. The molecule has 1 fully saturated rings. The molecule has 2 amide bonds. The molecule has 1 unspecified atom stereocenters. The molecule has 5 rings (SSSR count). The Kier molecular flexibility index (Phi) is 5.71. The van der Waals surface area contributed by atoms with Gasteiger partial charge in [-0.25, -0.2) is 9.78 Å². The number of hydrogen-bond donors (Lipinski definition) is 2. The highest BCUT2D eigenvalue weighted by Crippen LogP contribution is 2.24. The summed E-state index contributed by atoms with van der Waals surface area (Å²) in [4.78, 5) is 21.8. The normalized spacial score (nSPS) is 15.8. The molecular formula is C26H28N6O. The molecule has 7 nitrogen and oxygen atoms in total. The smallest absolute Gasteiger partial charge is 0.323 e. The van der Waals surface area contributed by atoms with E-state index in [4.69, 9.17) is 0 Å². The molecule has 1 saturated heterocycles. The lowest BCUT2D eigenvalue weighted by Gasteiger charge is -2.22. The lowest BCUT2D eigenvalue weighted by molar-refractivity contribution is 0.262. The van der Waals surface area contributed by atoms with Gasteiger partial charge in [-0.05, 0) is 69.0 Å². The molecule has 1 atom stereocenters. The Balaban J connectivity index is 1.18. The third-order valence-corrected chi connectivity index (χ3v) is 6.19. The second kappa shape index (κ2) is 8.96. The number of hydrogen-bond acceptors (Lipinski definition) is 4. The van der Waals surface area contributed by atoms with Crippen LogP contribution in [0.3, 0.4) is 0 Å². The van der Waals surface area contributed by atoms with E-state index in [1.165, 1.54) is 12.1 Å². The fraction of sp³-hybridized carbons (Fsp3) is 0.231. The van der Waals surface area contributed by atoms with Gasteiger partial charge in [0, 0.05) is 54.2 Å². The van der Waals surface area contributed by atoms with Crippen LogP contribution >= 0.6 is 0 Å². The third kappa shape index (κ3) is 4.68. The molecule has 1 aliphatic heterocycles. The van der Waals surface area contributed by atoms with E-state index in [0.717, 1.165) is 41.4 Å². The van der Waals surface area contributed by atoms with Crippen molar-refractivity contribution < 1.29 is 4.79 Å². The molecule has 0 aliphatic carbocycles. The maximum atomic E-state index is 12.5. The summed E-state index contributed by atoms with van der Waals surface area (Å²) in [6.45, 7) is 2.09. The van der Waals surface area contributed by atoms with Gasteiger partial charge in [-0.15, -0.1) is 0 Å². The summed E-state index contributed by atoms with van der Waals surface area (Å²) in [7, 11) is 4.26. The number of anilines is 3. The number of pyridine rings is 1. The fourth-order valence-electron chi connectivity index (χ4n) is 4.24. The molecule has 3 heterocycles. The summed E-state index contributed by atoms with van der Waals surface area (Å²) in [5, 5.41) is 5.80. The molecular weight excluding hydrogens is 412 g/mol. The molecule has 0 radical (unpaired) electrons. The summed E-state index contributed by atoms with van der Waals surface area (Å²) in [6.07, 6.45) is 5.15. The van der Waals surface area contributed by atoms with Crippen molar-refractivity contribution >= 4 is 28.7 Å². The summed E-state index contributed by atoms with van der Waals surface area (Å²) in [5.74, 6) is 0. The highest BCUT2D eigenvalue weighted by Gasteiger charge is 2.23. The Morgan fingerprint density at radius 2 is 1.67 bits per heavy atom. The van der Waals surface area contributed by atoms with Gasteiger partial charge in [0.25, 0.3) is 0 Å². The monoisotopic (exact) mass is 440 g/mol. The fourth-order valence-corrected chi connectivity index (χ4v) is 4.24. The predicted octanol–water partition coefficient (Wildman–Crippen LogP) is 4.79. The number of carbonyl (C=O) groups is 1. The van der Waals surface area contributed by atoms with Crippen LogP contribution in [-0.2, 0) is 0 Å². The van der Waals surface area contributed by atoms with Crippen molar-refractivity contribution in [2.45, 2.75) is 12.5 Å². The Bertz CT molecular complexity index is 1210. The number of carbonyl (C=O) groups excluding carboxylic acids is 1. The predicted molar refractivity (Wildman–Crippen MR) is 134 cm³/mol. The number of benzene rings is 2. The van der Waals surface area contributed by atoms with Gasteiger partial charge in [0.15, 0.2) is 0 Å². The first kappa shape index (κ1) is 21.0. The Morgan fingerprint density at radius 1 is 0.970 bits per heavy atom. The highest BCUT2D eigenvalue weighted by atomic mass is 16.2. The van der Waals surface area contributed by atoms with Crippen molar-refractivity contribution in [2.24, 2.45) is 0 Å². The van der Waals surface area contributed by atoms with Gasteiger partial charge in [-0.3, -0.25) is 0 Å². The van der Waals surface area contributed by atoms with Gasteiger partial charge in [-0.2, -0.15) is 0 Å². The van der Waals surface area contributed by atoms with Gasteiger partial charge in [0.05, 0.1) is 5.69 Å². The minimum Gasteiger partial charge on any atom is -0.370 e. The average molecular weight is 441 g/mol. The second-order valence-corrected chi connectivity index (χ2v) is 8.65. The minimum absolute atomic E-state index is 0.267. The van der Waals surface area contributed by atoms with Crippen LogP contribution in [0.5, 0.6) is 0 Å². The van der Waals surface area contributed by atoms with Gasteiger partial charge in [0.1, 0.15) is 5.65 Å². The van der Waals surface area contributed by atoms with Crippen LogP contribution in [0.15, 0.2) is 79.1 Å². The van der Waals surface area contributed by atoms with E-state index in [2.05, 4.69) is 51.6 Å². The molecule has 7 heteroatoms. The van der Waals surface area contributed by atoms with Crippen molar-refractivity contribution in [3.8, 4) is 11.3 Å². The third-order valence-electron chi connectivity index (χ3n) is 6.19. The zero-order valence-corrected chi connectivity index (χ0v) is 18.9. The standard InChI is InChI=1S/C26H28N6O/c1-30(2)23-14-16-31(17-23)22-12-10-21(11-13-22)28-26(33)27-20-8-6-19(7-9-20)24-18-32-15-4-3-5-25(32)29-24/h3-13,15,18,23H,14,16-17H2,1-2H3,(H2,27,28,33). The second-order valence-electron chi connectivity index (χ2n) is 8.65. The van der Waals surface area contributed by atoms with Gasteiger partial charge in [0.2, 0.25) is 0 Å². The lowest BCUT2D eigenvalue weighted by Crippen LogP contribution is -2.31. The largest absolute Gasteiger partial charge is 0.370 e. The molecule has 1 aliphatic rings. The number of rotatable bonds is 5. The van der Waals surface area contributed by atoms with E-state index in [9.17, 15) is 4.79 Å². The lowest BCUT2D eigenvalue weighted by atomic mass is 10.1. The number of fused-ring (bicyclic) bond motifs is 1. The number of aromatic nitrogens is 2. The van der Waals surface area contributed by atoms with Crippen molar-refractivity contribution in [3.05, 3.63) is 79.1 Å². The van der Waals surface area contributed by atoms with Gasteiger partial charge >= 0.3 is 6.03 Å². The molecule has 0 spiro atoms. The molecule has 0 bridgehead atoms.